The molecule has 5 rings (SSSR count). The monoisotopic (exact) mass is 246 g/mol. The zero-order valence-electron chi connectivity index (χ0n) is 8.03. The number of halogens is 2. The Morgan fingerprint density at radius 3 is 2.67 bits per heavy atom. The van der Waals surface area contributed by atoms with Crippen LogP contribution < -0.4 is 0 Å². The fraction of sp³-hybridized carbons (Fsp3) is 1.00. The van der Waals surface area contributed by atoms with E-state index in [4.69, 9.17) is 23.2 Å². The molecule has 0 spiro atoms. The van der Waals surface area contributed by atoms with Gasteiger partial charge in [-0.2, -0.15) is 0 Å². The Kier molecular flexibility index (Phi) is 1.02. The molecule has 0 radical (unpaired) electrons. The second-order valence-corrected chi connectivity index (χ2v) is 7.69. The smallest absolute Gasteiger partial charge is 0.0922 e. The molecule has 4 heteroatoms. The van der Waals surface area contributed by atoms with E-state index in [1.807, 2.05) is 0 Å². The van der Waals surface area contributed by atoms with E-state index < -0.39 is 15.3 Å². The van der Waals surface area contributed by atoms with Crippen LogP contribution in [0.4, 0.5) is 0 Å². The number of aliphatic hydroxyl groups excluding tert-OH is 1. The lowest BCUT2D eigenvalue weighted by atomic mass is 9.55. The van der Waals surface area contributed by atoms with Crippen molar-refractivity contribution >= 4 is 23.2 Å². The van der Waals surface area contributed by atoms with Crippen molar-refractivity contribution < 1.29 is 10.2 Å². The van der Waals surface area contributed by atoms with Gasteiger partial charge >= 0.3 is 0 Å². The minimum absolute atomic E-state index is 0.0629. The molecular formula is C11H12Cl2O2. The summed E-state index contributed by atoms with van der Waals surface area (Å²) in [6.07, 6.45) is 1.38. The van der Waals surface area contributed by atoms with Gasteiger partial charge in [0, 0.05) is 11.8 Å². The van der Waals surface area contributed by atoms with Crippen LogP contribution in [0.25, 0.3) is 0 Å². The molecule has 5 fully saturated rings. The van der Waals surface area contributed by atoms with Gasteiger partial charge in [0.05, 0.1) is 21.5 Å². The van der Waals surface area contributed by atoms with E-state index in [1.54, 1.807) is 0 Å². The van der Waals surface area contributed by atoms with Crippen molar-refractivity contribution in [3.05, 3.63) is 0 Å². The molecule has 82 valence electrons. The molecule has 5 aliphatic rings. The summed E-state index contributed by atoms with van der Waals surface area (Å²) in [4.78, 5) is -0.902. The lowest BCUT2D eigenvalue weighted by Crippen LogP contribution is -2.66. The van der Waals surface area contributed by atoms with Crippen LogP contribution >= 0.6 is 23.2 Å². The molecule has 0 aromatic heterocycles. The zero-order chi connectivity index (χ0) is 10.4. The fourth-order valence-electron chi connectivity index (χ4n) is 6.34. The van der Waals surface area contributed by atoms with E-state index in [0.717, 1.165) is 6.42 Å². The van der Waals surface area contributed by atoms with Gasteiger partial charge in [-0.15, -0.1) is 23.2 Å². The second kappa shape index (κ2) is 1.78. The van der Waals surface area contributed by atoms with E-state index in [1.165, 1.54) is 0 Å². The van der Waals surface area contributed by atoms with Crippen LogP contribution in [0, 0.1) is 29.6 Å². The molecule has 9 atom stereocenters. The highest BCUT2D eigenvalue weighted by Gasteiger charge is 2.96. The average Bonchev–Trinajstić information content (AvgIpc) is 2.48. The molecule has 0 aromatic carbocycles. The summed E-state index contributed by atoms with van der Waals surface area (Å²) in [5.41, 5.74) is -0.750. The summed E-state index contributed by atoms with van der Waals surface area (Å²) in [6, 6.07) is 0. The molecule has 2 bridgehead atoms. The molecule has 2 N–H and O–H groups in total. The van der Waals surface area contributed by atoms with Gasteiger partial charge in [-0.05, 0) is 30.6 Å². The number of fused-ring (bicyclic) bond motifs is 2. The lowest BCUT2D eigenvalue weighted by Gasteiger charge is -2.55. The third kappa shape index (κ3) is 0.469. The number of hydrogen-bond acceptors (Lipinski definition) is 2. The maximum atomic E-state index is 10.8. The largest absolute Gasteiger partial charge is 0.392 e. The van der Waals surface area contributed by atoms with Gasteiger partial charge in [0.15, 0.2) is 0 Å². The van der Waals surface area contributed by atoms with Gasteiger partial charge in [-0.25, -0.2) is 0 Å². The highest BCUT2D eigenvalue weighted by molar-refractivity contribution is 6.32. The Bertz CT molecular complexity index is 413. The van der Waals surface area contributed by atoms with Gasteiger partial charge in [0.1, 0.15) is 0 Å². The maximum absolute atomic E-state index is 10.8. The van der Waals surface area contributed by atoms with Gasteiger partial charge in [0.2, 0.25) is 0 Å². The van der Waals surface area contributed by atoms with E-state index in [0.29, 0.717) is 6.42 Å². The van der Waals surface area contributed by atoms with Crippen LogP contribution in [0.15, 0.2) is 0 Å². The van der Waals surface area contributed by atoms with Crippen molar-refractivity contribution in [1.29, 1.82) is 0 Å². The predicted octanol–water partition coefficient (Wildman–Crippen LogP) is 0.963. The number of hydrogen-bond donors (Lipinski definition) is 2. The minimum Gasteiger partial charge on any atom is -0.392 e. The molecule has 5 aliphatic carbocycles. The number of aliphatic hydroxyl groups is 2. The number of alkyl halides is 2. The van der Waals surface area contributed by atoms with E-state index in [-0.39, 0.29) is 35.7 Å². The first kappa shape index (κ1) is 8.57. The maximum Gasteiger partial charge on any atom is 0.0922 e. The Hall–Kier alpha value is 0.500. The molecule has 0 heterocycles. The highest BCUT2D eigenvalue weighted by atomic mass is 35.5. The van der Waals surface area contributed by atoms with Crippen LogP contribution in [0.3, 0.4) is 0 Å². The van der Waals surface area contributed by atoms with Crippen LogP contribution in [0.2, 0.25) is 0 Å². The van der Waals surface area contributed by atoms with Gasteiger partial charge in [-0.3, -0.25) is 0 Å². The lowest BCUT2D eigenvalue weighted by molar-refractivity contribution is -0.182. The number of rotatable bonds is 0. The van der Waals surface area contributed by atoms with Gasteiger partial charge in [-0.1, -0.05) is 0 Å². The molecule has 0 unspecified atom stereocenters. The van der Waals surface area contributed by atoms with Crippen molar-refractivity contribution in [2.75, 3.05) is 0 Å². The van der Waals surface area contributed by atoms with Crippen molar-refractivity contribution in [1.82, 2.24) is 0 Å². The molecule has 5 saturated carbocycles. The van der Waals surface area contributed by atoms with Crippen molar-refractivity contribution in [2.24, 2.45) is 29.6 Å². The van der Waals surface area contributed by atoms with Crippen LogP contribution in [0.5, 0.6) is 0 Å². The van der Waals surface area contributed by atoms with Crippen LogP contribution in [-0.2, 0) is 0 Å². The summed E-state index contributed by atoms with van der Waals surface area (Å²) in [7, 11) is 0. The van der Waals surface area contributed by atoms with E-state index in [2.05, 4.69) is 0 Å². The first-order valence-corrected chi connectivity index (χ1v) is 6.50. The van der Waals surface area contributed by atoms with Gasteiger partial charge < -0.3 is 10.2 Å². The van der Waals surface area contributed by atoms with Crippen LogP contribution in [0.1, 0.15) is 12.8 Å². The highest BCUT2D eigenvalue weighted by Crippen LogP contribution is 2.89. The third-order valence-electron chi connectivity index (χ3n) is 6.45. The third-order valence-corrected chi connectivity index (χ3v) is 7.78. The summed E-state index contributed by atoms with van der Waals surface area (Å²) < 4.78 is 0. The summed E-state index contributed by atoms with van der Waals surface area (Å²) >= 11 is 13.3. The average molecular weight is 247 g/mol. The Morgan fingerprint density at radius 2 is 1.93 bits per heavy atom. The fourth-order valence-corrected chi connectivity index (χ4v) is 7.92. The quantitative estimate of drug-likeness (QED) is 0.626. The topological polar surface area (TPSA) is 40.5 Å². The Labute approximate surface area is 97.6 Å². The minimum atomic E-state index is -0.750. The second-order valence-electron chi connectivity index (χ2n) is 6.31. The summed E-state index contributed by atoms with van der Waals surface area (Å²) in [5, 5.41) is 21.0. The molecule has 0 amide bonds. The van der Waals surface area contributed by atoms with Crippen molar-refractivity contribution in [2.45, 2.75) is 34.3 Å². The SMILES string of the molecule is O[C@@H]1[C@H]2[C@H]3C[C@H]4[C@@H]1[C@@]1(Cl)C[C@]4(Cl)[C@@]3(O)[C@H]21. The van der Waals surface area contributed by atoms with E-state index >= 15 is 0 Å². The predicted molar refractivity (Wildman–Crippen MR) is 54.8 cm³/mol. The molecule has 2 nitrogen and oxygen atoms in total. The zero-order valence-corrected chi connectivity index (χ0v) is 9.54. The first-order chi connectivity index (χ1) is 6.96. The Morgan fingerprint density at radius 1 is 1.20 bits per heavy atom. The summed E-state index contributed by atoms with van der Waals surface area (Å²) in [6.45, 7) is 0. The molecule has 0 aliphatic heterocycles. The van der Waals surface area contributed by atoms with Crippen molar-refractivity contribution in [3.63, 3.8) is 0 Å². The Balaban J connectivity index is 1.90. The molecule has 15 heavy (non-hydrogen) atoms. The standard InChI is InChI=1S/C11H12Cl2O2/c12-9-2-10(13)4-1-3-5(7(14)6(4)9)8(9)11(3,10)15/h3-8,14-15H,1-2H2/t3-,4+,5-,6+,7-,8-,9+,10-,11+/m1/s1. The molecular weight excluding hydrogens is 235 g/mol. The molecule has 0 aromatic rings. The van der Waals surface area contributed by atoms with Crippen molar-refractivity contribution in [3.8, 4) is 0 Å². The molecule has 0 saturated heterocycles. The van der Waals surface area contributed by atoms with E-state index in [9.17, 15) is 10.2 Å². The van der Waals surface area contributed by atoms with Gasteiger partial charge in [0.25, 0.3) is 0 Å². The van der Waals surface area contributed by atoms with Crippen LogP contribution in [-0.4, -0.2) is 31.7 Å². The first-order valence-electron chi connectivity index (χ1n) is 5.74. The normalized spacial score (nSPS) is 85.6. The summed E-state index contributed by atoms with van der Waals surface area (Å²) in [5.74, 6) is 0.909.